The molecule has 0 aliphatic heterocycles. The minimum Gasteiger partial charge on any atom is -0.478 e. The molecule has 0 aliphatic carbocycles. The van der Waals surface area contributed by atoms with Crippen molar-refractivity contribution in [1.82, 2.24) is 4.98 Å². The first-order valence-electron chi connectivity index (χ1n) is 4.51. The van der Waals surface area contributed by atoms with E-state index in [2.05, 4.69) is 4.98 Å². The Morgan fingerprint density at radius 3 is 3.00 bits per heavy atom. The van der Waals surface area contributed by atoms with E-state index >= 15 is 0 Å². The number of aromatic nitrogens is 1. The largest absolute Gasteiger partial charge is 0.478 e. The third-order valence-corrected chi connectivity index (χ3v) is 2.12. The number of nitrogens with zero attached hydrogens (tertiary/aromatic N) is 1. The highest BCUT2D eigenvalue weighted by Crippen LogP contribution is 2.18. The maximum atomic E-state index is 10.4. The third-order valence-electron chi connectivity index (χ3n) is 2.12. The average Bonchev–Trinajstić information content (AvgIpc) is 2.26. The fourth-order valence-corrected chi connectivity index (χ4v) is 1.45. The lowest BCUT2D eigenvalue weighted by Crippen LogP contribution is -1.86. The summed E-state index contributed by atoms with van der Waals surface area (Å²) in [5.74, 6) is -0.943. The molecule has 74 valence electrons. The van der Waals surface area contributed by atoms with E-state index in [-0.39, 0.29) is 0 Å². The highest BCUT2D eigenvalue weighted by Gasteiger charge is 1.97. The summed E-state index contributed by atoms with van der Waals surface area (Å²) in [5, 5.41) is 10.6. The Balaban J connectivity index is 2.56. The normalized spacial score (nSPS) is 10.9. The average molecular weight is 199 g/mol. The molecule has 0 spiro atoms. The first-order valence-corrected chi connectivity index (χ1v) is 4.51. The zero-order valence-corrected chi connectivity index (χ0v) is 7.92. The van der Waals surface area contributed by atoms with Crippen LogP contribution < -0.4 is 0 Å². The van der Waals surface area contributed by atoms with Crippen LogP contribution in [0, 0.1) is 0 Å². The van der Waals surface area contributed by atoms with Gasteiger partial charge in [-0.2, -0.15) is 0 Å². The molecule has 1 N–H and O–H groups in total. The molecule has 0 bridgehead atoms. The monoisotopic (exact) mass is 199 g/mol. The number of benzene rings is 1. The molecule has 0 saturated heterocycles. The van der Waals surface area contributed by atoms with Crippen LogP contribution >= 0.6 is 0 Å². The lowest BCUT2D eigenvalue weighted by Gasteiger charge is -2.00. The number of hydrogen-bond donors (Lipinski definition) is 1. The SMILES string of the molecule is O=C(O)/C=C/c1cccc2cnccc12. The van der Waals surface area contributed by atoms with Gasteiger partial charge in [-0.25, -0.2) is 4.79 Å². The van der Waals surface area contributed by atoms with Gasteiger partial charge < -0.3 is 5.11 Å². The number of aliphatic carboxylic acids is 1. The van der Waals surface area contributed by atoms with Crippen LogP contribution in [0.2, 0.25) is 0 Å². The van der Waals surface area contributed by atoms with Crippen LogP contribution in [-0.4, -0.2) is 16.1 Å². The summed E-state index contributed by atoms with van der Waals surface area (Å²) in [7, 11) is 0. The van der Waals surface area contributed by atoms with Crippen molar-refractivity contribution in [3.05, 3.63) is 48.3 Å². The molecule has 2 rings (SSSR count). The van der Waals surface area contributed by atoms with Gasteiger partial charge in [0.25, 0.3) is 0 Å². The van der Waals surface area contributed by atoms with Gasteiger partial charge in [-0.3, -0.25) is 4.98 Å². The van der Waals surface area contributed by atoms with Gasteiger partial charge in [-0.15, -0.1) is 0 Å². The zero-order valence-electron chi connectivity index (χ0n) is 7.92. The molecule has 0 unspecified atom stereocenters. The molecule has 0 saturated carbocycles. The summed E-state index contributed by atoms with van der Waals surface area (Å²) in [5.41, 5.74) is 0.886. The fourth-order valence-electron chi connectivity index (χ4n) is 1.45. The molecule has 0 atom stereocenters. The predicted octanol–water partition coefficient (Wildman–Crippen LogP) is 2.33. The van der Waals surface area contributed by atoms with Crippen molar-refractivity contribution < 1.29 is 9.90 Å². The van der Waals surface area contributed by atoms with E-state index in [1.165, 1.54) is 0 Å². The number of carboxylic acid groups (broad SMARTS) is 1. The molecule has 15 heavy (non-hydrogen) atoms. The van der Waals surface area contributed by atoms with Crippen molar-refractivity contribution in [3.63, 3.8) is 0 Å². The lowest BCUT2D eigenvalue weighted by molar-refractivity contribution is -0.131. The Morgan fingerprint density at radius 1 is 1.33 bits per heavy atom. The number of fused-ring (bicyclic) bond motifs is 1. The van der Waals surface area contributed by atoms with E-state index in [0.717, 1.165) is 22.4 Å². The van der Waals surface area contributed by atoms with Gasteiger partial charge in [0, 0.05) is 23.9 Å². The predicted molar refractivity (Wildman–Crippen MR) is 58.4 cm³/mol. The minimum absolute atomic E-state index is 0.886. The lowest BCUT2D eigenvalue weighted by atomic mass is 10.1. The zero-order chi connectivity index (χ0) is 10.7. The summed E-state index contributed by atoms with van der Waals surface area (Å²) in [6, 6.07) is 7.57. The molecule has 0 fully saturated rings. The summed E-state index contributed by atoms with van der Waals surface area (Å²) in [4.78, 5) is 14.4. The van der Waals surface area contributed by atoms with Gasteiger partial charge in [0.05, 0.1) is 0 Å². The van der Waals surface area contributed by atoms with Crippen molar-refractivity contribution in [2.24, 2.45) is 0 Å². The maximum absolute atomic E-state index is 10.4. The summed E-state index contributed by atoms with van der Waals surface area (Å²) in [6.07, 6.45) is 6.17. The van der Waals surface area contributed by atoms with E-state index in [0.29, 0.717) is 0 Å². The highest BCUT2D eigenvalue weighted by atomic mass is 16.4. The molecule has 0 amide bonds. The third kappa shape index (κ3) is 2.02. The molecule has 1 aromatic carbocycles. The van der Waals surface area contributed by atoms with Crippen LogP contribution in [0.4, 0.5) is 0 Å². The summed E-state index contributed by atoms with van der Waals surface area (Å²) in [6.45, 7) is 0. The molecular formula is C12H9NO2. The smallest absolute Gasteiger partial charge is 0.328 e. The number of hydrogen-bond acceptors (Lipinski definition) is 2. The van der Waals surface area contributed by atoms with Gasteiger partial charge in [0.1, 0.15) is 0 Å². The fraction of sp³-hybridized carbons (Fsp3) is 0. The molecule has 1 heterocycles. The highest BCUT2D eigenvalue weighted by molar-refractivity contribution is 5.93. The first-order chi connectivity index (χ1) is 7.27. The van der Waals surface area contributed by atoms with Gasteiger partial charge in [-0.05, 0) is 23.1 Å². The Kier molecular flexibility index (Phi) is 2.46. The van der Waals surface area contributed by atoms with Crippen molar-refractivity contribution in [3.8, 4) is 0 Å². The molecule has 3 heteroatoms. The van der Waals surface area contributed by atoms with Crippen molar-refractivity contribution in [1.29, 1.82) is 0 Å². The first kappa shape index (κ1) is 9.40. The number of carbonyl (C=O) groups is 1. The Hall–Kier alpha value is -2.16. The molecular weight excluding hydrogens is 190 g/mol. The van der Waals surface area contributed by atoms with E-state index < -0.39 is 5.97 Å². The molecule has 0 aliphatic rings. The van der Waals surface area contributed by atoms with E-state index in [1.54, 1.807) is 18.5 Å². The van der Waals surface area contributed by atoms with Crippen LogP contribution in [0.15, 0.2) is 42.7 Å². The van der Waals surface area contributed by atoms with Crippen LogP contribution in [-0.2, 0) is 4.79 Å². The Bertz CT molecular complexity index is 527. The number of carboxylic acids is 1. The minimum atomic E-state index is -0.943. The van der Waals surface area contributed by atoms with E-state index in [4.69, 9.17) is 5.11 Å². The maximum Gasteiger partial charge on any atom is 0.328 e. The second-order valence-electron chi connectivity index (χ2n) is 3.12. The second kappa shape index (κ2) is 3.92. The van der Waals surface area contributed by atoms with Gasteiger partial charge in [0.2, 0.25) is 0 Å². The van der Waals surface area contributed by atoms with Crippen molar-refractivity contribution in [2.75, 3.05) is 0 Å². The van der Waals surface area contributed by atoms with E-state index in [1.807, 2.05) is 24.3 Å². The summed E-state index contributed by atoms with van der Waals surface area (Å²) < 4.78 is 0. The quantitative estimate of drug-likeness (QED) is 0.755. The Labute approximate surface area is 86.7 Å². The topological polar surface area (TPSA) is 50.2 Å². The van der Waals surface area contributed by atoms with Crippen LogP contribution in [0.5, 0.6) is 0 Å². The molecule has 3 nitrogen and oxygen atoms in total. The molecule has 0 radical (unpaired) electrons. The summed E-state index contributed by atoms with van der Waals surface area (Å²) >= 11 is 0. The number of pyridine rings is 1. The standard InChI is InChI=1S/C12H9NO2/c14-12(15)5-4-9-2-1-3-10-8-13-7-6-11(9)10/h1-8H,(H,14,15)/b5-4+. The van der Waals surface area contributed by atoms with Crippen molar-refractivity contribution in [2.45, 2.75) is 0 Å². The van der Waals surface area contributed by atoms with Crippen LogP contribution in [0.25, 0.3) is 16.8 Å². The molecule has 2 aromatic rings. The molecule has 1 aromatic heterocycles. The van der Waals surface area contributed by atoms with Crippen LogP contribution in [0.1, 0.15) is 5.56 Å². The van der Waals surface area contributed by atoms with Gasteiger partial charge >= 0.3 is 5.97 Å². The van der Waals surface area contributed by atoms with Crippen LogP contribution in [0.3, 0.4) is 0 Å². The van der Waals surface area contributed by atoms with Crippen molar-refractivity contribution >= 4 is 22.8 Å². The van der Waals surface area contributed by atoms with E-state index in [9.17, 15) is 4.79 Å². The van der Waals surface area contributed by atoms with Gasteiger partial charge in [-0.1, -0.05) is 18.2 Å². The van der Waals surface area contributed by atoms with Gasteiger partial charge in [0.15, 0.2) is 0 Å². The Morgan fingerprint density at radius 2 is 2.20 bits per heavy atom. The second-order valence-corrected chi connectivity index (χ2v) is 3.12. The number of rotatable bonds is 2.